The van der Waals surface area contributed by atoms with E-state index in [1.165, 1.54) is 5.56 Å². The van der Waals surface area contributed by atoms with Crippen molar-refractivity contribution in [3.63, 3.8) is 0 Å². The summed E-state index contributed by atoms with van der Waals surface area (Å²) in [6.45, 7) is 1.23. The van der Waals surface area contributed by atoms with Crippen LogP contribution >= 0.6 is 0 Å². The van der Waals surface area contributed by atoms with E-state index in [0.29, 0.717) is 12.1 Å². The summed E-state index contributed by atoms with van der Waals surface area (Å²) in [7, 11) is 5.54. The van der Waals surface area contributed by atoms with Gasteiger partial charge in [-0.1, -0.05) is 42.5 Å². The Morgan fingerprint density at radius 1 is 1.04 bits per heavy atom. The quantitative estimate of drug-likeness (QED) is 0.655. The van der Waals surface area contributed by atoms with Crippen molar-refractivity contribution < 1.29 is 4.79 Å². The largest absolute Gasteiger partial charge is 0.355 e. The van der Waals surface area contributed by atoms with Crippen LogP contribution in [-0.4, -0.2) is 37.9 Å². The van der Waals surface area contributed by atoms with Crippen LogP contribution in [-0.2, 0) is 13.1 Å². The normalized spacial score (nSPS) is 11.0. The number of hydrogen-bond donors (Lipinski definition) is 2. The first-order valence-corrected chi connectivity index (χ1v) is 7.90. The maximum absolute atomic E-state index is 11.7. The molecule has 0 radical (unpaired) electrons. The predicted octanol–water partition coefficient (Wildman–Crippen LogP) is 2.25. The summed E-state index contributed by atoms with van der Waals surface area (Å²) in [6, 6.07) is 17.7. The summed E-state index contributed by atoms with van der Waals surface area (Å²) in [4.78, 5) is 18.3. The van der Waals surface area contributed by atoms with Gasteiger partial charge in [0, 0.05) is 33.3 Å². The SMILES string of the molecule is CNC(=O)c1cccc(CN=C(NCc2ccccc2)N(C)C)c1. The summed E-state index contributed by atoms with van der Waals surface area (Å²) in [5.74, 6) is 0.722. The van der Waals surface area contributed by atoms with Crippen LogP contribution in [0.5, 0.6) is 0 Å². The van der Waals surface area contributed by atoms with Gasteiger partial charge in [-0.25, -0.2) is 4.99 Å². The molecule has 1 amide bonds. The Bertz CT molecular complexity index is 696. The molecule has 0 aromatic heterocycles. The number of rotatable bonds is 5. The molecule has 2 aromatic rings. The third kappa shape index (κ3) is 5.12. The minimum absolute atomic E-state index is 0.0872. The molecular weight excluding hydrogens is 300 g/mol. The van der Waals surface area contributed by atoms with Gasteiger partial charge in [0.1, 0.15) is 0 Å². The first-order chi connectivity index (χ1) is 11.6. The molecule has 5 heteroatoms. The molecule has 126 valence electrons. The lowest BCUT2D eigenvalue weighted by Gasteiger charge is -2.18. The van der Waals surface area contributed by atoms with Crippen LogP contribution in [0.2, 0.25) is 0 Å². The van der Waals surface area contributed by atoms with E-state index >= 15 is 0 Å². The summed E-state index contributed by atoms with van der Waals surface area (Å²) >= 11 is 0. The molecule has 0 bridgehead atoms. The monoisotopic (exact) mass is 324 g/mol. The molecule has 2 rings (SSSR count). The van der Waals surface area contributed by atoms with Crippen molar-refractivity contribution in [1.29, 1.82) is 0 Å². The zero-order valence-corrected chi connectivity index (χ0v) is 14.4. The molecule has 24 heavy (non-hydrogen) atoms. The molecule has 0 unspecified atom stereocenters. The van der Waals surface area contributed by atoms with Gasteiger partial charge in [0.15, 0.2) is 5.96 Å². The van der Waals surface area contributed by atoms with E-state index in [1.807, 2.05) is 55.4 Å². The minimum atomic E-state index is -0.0872. The van der Waals surface area contributed by atoms with Crippen LogP contribution in [0.4, 0.5) is 0 Å². The number of benzene rings is 2. The summed E-state index contributed by atoms with van der Waals surface area (Å²) in [5, 5.41) is 5.99. The highest BCUT2D eigenvalue weighted by Crippen LogP contribution is 2.07. The number of aliphatic imine (C=N–C) groups is 1. The van der Waals surface area contributed by atoms with Crippen LogP contribution < -0.4 is 10.6 Å². The van der Waals surface area contributed by atoms with Crippen molar-refractivity contribution >= 4 is 11.9 Å². The second kappa shape index (κ2) is 8.72. The lowest BCUT2D eigenvalue weighted by Crippen LogP contribution is -2.36. The highest BCUT2D eigenvalue weighted by molar-refractivity contribution is 5.94. The Labute approximate surface area is 143 Å². The standard InChI is InChI=1S/C19H24N4O/c1-20-18(24)17-11-7-10-16(12-17)14-22-19(23(2)3)21-13-15-8-5-4-6-9-15/h4-12H,13-14H2,1-3H3,(H,20,24)(H,21,22). The Morgan fingerprint density at radius 3 is 2.42 bits per heavy atom. The van der Waals surface area contributed by atoms with E-state index in [1.54, 1.807) is 13.1 Å². The Kier molecular flexibility index (Phi) is 6.37. The Morgan fingerprint density at radius 2 is 1.75 bits per heavy atom. The highest BCUT2D eigenvalue weighted by atomic mass is 16.1. The predicted molar refractivity (Wildman–Crippen MR) is 97.9 cm³/mol. The lowest BCUT2D eigenvalue weighted by molar-refractivity contribution is 0.0963. The van der Waals surface area contributed by atoms with Crippen molar-refractivity contribution in [2.24, 2.45) is 4.99 Å². The summed E-state index contributed by atoms with van der Waals surface area (Å²) in [6.07, 6.45) is 0. The van der Waals surface area contributed by atoms with E-state index in [0.717, 1.165) is 18.1 Å². The Balaban J connectivity index is 2.04. The second-order valence-electron chi connectivity index (χ2n) is 5.65. The first kappa shape index (κ1) is 17.5. The zero-order chi connectivity index (χ0) is 17.4. The third-order valence-corrected chi connectivity index (χ3v) is 3.54. The molecule has 0 spiro atoms. The van der Waals surface area contributed by atoms with Crippen molar-refractivity contribution in [3.05, 3.63) is 71.3 Å². The maximum Gasteiger partial charge on any atom is 0.251 e. The number of hydrogen-bond acceptors (Lipinski definition) is 2. The van der Waals surface area contributed by atoms with Gasteiger partial charge in [0.2, 0.25) is 0 Å². The number of guanidine groups is 1. The van der Waals surface area contributed by atoms with Gasteiger partial charge < -0.3 is 15.5 Å². The van der Waals surface area contributed by atoms with Gasteiger partial charge in [-0.05, 0) is 23.3 Å². The average molecular weight is 324 g/mol. The smallest absolute Gasteiger partial charge is 0.251 e. The summed E-state index contributed by atoms with van der Waals surface area (Å²) in [5.41, 5.74) is 2.85. The van der Waals surface area contributed by atoms with Gasteiger partial charge in [0.25, 0.3) is 5.91 Å². The van der Waals surface area contributed by atoms with Crippen molar-refractivity contribution in [2.75, 3.05) is 21.1 Å². The molecule has 5 nitrogen and oxygen atoms in total. The second-order valence-corrected chi connectivity index (χ2v) is 5.65. The number of amides is 1. The average Bonchev–Trinajstić information content (AvgIpc) is 2.61. The molecule has 2 N–H and O–H groups in total. The van der Waals surface area contributed by atoms with Crippen molar-refractivity contribution in [2.45, 2.75) is 13.1 Å². The molecular formula is C19H24N4O. The van der Waals surface area contributed by atoms with Crippen LogP contribution in [0, 0.1) is 0 Å². The fourth-order valence-electron chi connectivity index (χ4n) is 2.25. The van der Waals surface area contributed by atoms with E-state index in [9.17, 15) is 4.79 Å². The van der Waals surface area contributed by atoms with Crippen molar-refractivity contribution in [1.82, 2.24) is 15.5 Å². The molecule has 0 aliphatic heterocycles. The molecule has 0 aliphatic rings. The number of carbonyl (C=O) groups is 1. The van der Waals surface area contributed by atoms with Gasteiger partial charge in [0.05, 0.1) is 6.54 Å². The third-order valence-electron chi connectivity index (χ3n) is 3.54. The number of nitrogens with one attached hydrogen (secondary N) is 2. The fourth-order valence-corrected chi connectivity index (χ4v) is 2.25. The van der Waals surface area contributed by atoms with Gasteiger partial charge in [-0.3, -0.25) is 4.79 Å². The van der Waals surface area contributed by atoms with Crippen LogP contribution in [0.1, 0.15) is 21.5 Å². The van der Waals surface area contributed by atoms with Crippen LogP contribution in [0.25, 0.3) is 0 Å². The van der Waals surface area contributed by atoms with Gasteiger partial charge in [-0.15, -0.1) is 0 Å². The fraction of sp³-hybridized carbons (Fsp3) is 0.263. The minimum Gasteiger partial charge on any atom is -0.355 e. The number of nitrogens with zero attached hydrogens (tertiary/aromatic N) is 2. The number of carbonyl (C=O) groups excluding carboxylic acids is 1. The molecule has 2 aromatic carbocycles. The lowest BCUT2D eigenvalue weighted by atomic mass is 10.1. The summed E-state index contributed by atoms with van der Waals surface area (Å²) < 4.78 is 0. The van der Waals surface area contributed by atoms with Gasteiger partial charge in [-0.2, -0.15) is 0 Å². The zero-order valence-electron chi connectivity index (χ0n) is 14.4. The molecule has 0 heterocycles. The van der Waals surface area contributed by atoms with Crippen LogP contribution in [0.15, 0.2) is 59.6 Å². The topological polar surface area (TPSA) is 56.7 Å². The van der Waals surface area contributed by atoms with E-state index in [-0.39, 0.29) is 5.91 Å². The highest BCUT2D eigenvalue weighted by Gasteiger charge is 2.05. The molecule has 0 aliphatic carbocycles. The van der Waals surface area contributed by atoms with E-state index in [2.05, 4.69) is 27.8 Å². The van der Waals surface area contributed by atoms with E-state index < -0.39 is 0 Å². The molecule has 0 atom stereocenters. The molecule has 0 saturated carbocycles. The van der Waals surface area contributed by atoms with Crippen molar-refractivity contribution in [3.8, 4) is 0 Å². The molecule has 0 saturated heterocycles. The van der Waals surface area contributed by atoms with Gasteiger partial charge >= 0.3 is 0 Å². The first-order valence-electron chi connectivity index (χ1n) is 7.90. The van der Waals surface area contributed by atoms with E-state index in [4.69, 9.17) is 0 Å². The van der Waals surface area contributed by atoms with Crippen LogP contribution in [0.3, 0.4) is 0 Å². The molecule has 0 fully saturated rings. The maximum atomic E-state index is 11.7. The Hall–Kier alpha value is -2.82.